The third kappa shape index (κ3) is 3.76. The van der Waals surface area contributed by atoms with E-state index in [0.29, 0.717) is 12.5 Å². The molecule has 1 N–H and O–H groups in total. The zero-order valence-electron chi connectivity index (χ0n) is 14.2. The standard InChI is InChI=1S/C18H19F2N3O2S/c1-2-10-23-12-13(15-4-3-8-21-18(15)23)7-9-22-26(24,25)17-11-14(19)5-6-16(17)20/h3-6,8,11-12,22H,2,7,9-10H2,1H3. The summed E-state index contributed by atoms with van der Waals surface area (Å²) in [6.07, 6.45) is 5.03. The van der Waals surface area contributed by atoms with Crippen LogP contribution in [-0.2, 0) is 23.0 Å². The summed E-state index contributed by atoms with van der Waals surface area (Å²) in [4.78, 5) is 3.69. The van der Waals surface area contributed by atoms with Crippen molar-refractivity contribution >= 4 is 21.1 Å². The number of aromatic nitrogens is 2. The molecule has 3 aromatic rings. The number of nitrogens with zero attached hydrogens (tertiary/aromatic N) is 2. The second-order valence-corrected chi connectivity index (χ2v) is 7.68. The van der Waals surface area contributed by atoms with E-state index in [9.17, 15) is 17.2 Å². The van der Waals surface area contributed by atoms with E-state index < -0.39 is 26.6 Å². The quantitative estimate of drug-likeness (QED) is 0.685. The van der Waals surface area contributed by atoms with Crippen LogP contribution in [0.1, 0.15) is 18.9 Å². The predicted octanol–water partition coefficient (Wildman–Crippen LogP) is 3.25. The predicted molar refractivity (Wildman–Crippen MR) is 95.3 cm³/mol. The van der Waals surface area contributed by atoms with Crippen molar-refractivity contribution in [1.82, 2.24) is 14.3 Å². The summed E-state index contributed by atoms with van der Waals surface area (Å²) in [5.41, 5.74) is 1.80. The average Bonchev–Trinajstić information content (AvgIpc) is 2.95. The maximum Gasteiger partial charge on any atom is 0.243 e. The summed E-state index contributed by atoms with van der Waals surface area (Å²) in [5, 5.41) is 0.956. The van der Waals surface area contributed by atoms with Gasteiger partial charge in [0, 0.05) is 30.9 Å². The molecule has 0 amide bonds. The van der Waals surface area contributed by atoms with Gasteiger partial charge < -0.3 is 4.57 Å². The fraction of sp³-hybridized carbons (Fsp3) is 0.278. The third-order valence-electron chi connectivity index (χ3n) is 4.05. The van der Waals surface area contributed by atoms with Crippen molar-refractivity contribution < 1.29 is 17.2 Å². The summed E-state index contributed by atoms with van der Waals surface area (Å²) >= 11 is 0. The number of rotatable bonds is 7. The summed E-state index contributed by atoms with van der Waals surface area (Å²) in [6, 6.07) is 6.12. The Labute approximate surface area is 150 Å². The Morgan fingerprint density at radius 1 is 1.23 bits per heavy atom. The minimum absolute atomic E-state index is 0.0679. The van der Waals surface area contributed by atoms with Crippen LogP contribution in [0.2, 0.25) is 0 Å². The molecule has 0 radical (unpaired) electrons. The van der Waals surface area contributed by atoms with Crippen LogP contribution in [-0.4, -0.2) is 24.5 Å². The van der Waals surface area contributed by atoms with E-state index in [1.807, 2.05) is 22.9 Å². The molecule has 0 aliphatic rings. The zero-order valence-corrected chi connectivity index (χ0v) is 15.1. The van der Waals surface area contributed by atoms with E-state index in [2.05, 4.69) is 16.6 Å². The Bertz CT molecular complexity index is 1030. The van der Waals surface area contributed by atoms with E-state index in [1.54, 1.807) is 6.20 Å². The van der Waals surface area contributed by atoms with Gasteiger partial charge in [-0.3, -0.25) is 0 Å². The maximum atomic E-state index is 13.7. The van der Waals surface area contributed by atoms with Crippen molar-refractivity contribution in [3.63, 3.8) is 0 Å². The zero-order chi connectivity index (χ0) is 18.7. The highest BCUT2D eigenvalue weighted by molar-refractivity contribution is 7.89. The van der Waals surface area contributed by atoms with E-state index in [4.69, 9.17) is 0 Å². The average molecular weight is 379 g/mol. The molecule has 3 rings (SSSR count). The highest BCUT2D eigenvalue weighted by Gasteiger charge is 2.20. The highest BCUT2D eigenvalue weighted by Crippen LogP contribution is 2.20. The van der Waals surface area contributed by atoms with Crippen molar-refractivity contribution in [3.8, 4) is 0 Å². The minimum Gasteiger partial charge on any atom is -0.332 e. The van der Waals surface area contributed by atoms with Crippen LogP contribution in [0.15, 0.2) is 47.6 Å². The molecule has 1 aromatic carbocycles. The lowest BCUT2D eigenvalue weighted by Gasteiger charge is -2.07. The Morgan fingerprint density at radius 2 is 2.04 bits per heavy atom. The van der Waals surface area contributed by atoms with Crippen molar-refractivity contribution in [3.05, 3.63) is 59.9 Å². The first-order chi connectivity index (χ1) is 12.4. The molecule has 0 saturated carbocycles. The number of hydrogen-bond donors (Lipinski definition) is 1. The highest BCUT2D eigenvalue weighted by atomic mass is 32.2. The molecule has 5 nitrogen and oxygen atoms in total. The van der Waals surface area contributed by atoms with Gasteiger partial charge in [0.05, 0.1) is 0 Å². The summed E-state index contributed by atoms with van der Waals surface area (Å²) in [5.74, 6) is -1.79. The monoisotopic (exact) mass is 379 g/mol. The molecule has 0 aliphatic carbocycles. The summed E-state index contributed by atoms with van der Waals surface area (Å²) < 4.78 is 55.8. The molecule has 0 bridgehead atoms. The number of hydrogen-bond acceptors (Lipinski definition) is 3. The normalized spacial score (nSPS) is 12.0. The van der Waals surface area contributed by atoms with E-state index in [1.165, 1.54) is 0 Å². The number of sulfonamides is 1. The van der Waals surface area contributed by atoms with Gasteiger partial charge in [0.2, 0.25) is 10.0 Å². The van der Waals surface area contributed by atoms with Gasteiger partial charge in [0.15, 0.2) is 0 Å². The van der Waals surface area contributed by atoms with Crippen LogP contribution in [0.4, 0.5) is 8.78 Å². The van der Waals surface area contributed by atoms with Crippen molar-refractivity contribution in [2.75, 3.05) is 6.54 Å². The number of nitrogens with one attached hydrogen (secondary N) is 1. The van der Waals surface area contributed by atoms with E-state index in [-0.39, 0.29) is 6.54 Å². The smallest absolute Gasteiger partial charge is 0.243 e. The van der Waals surface area contributed by atoms with Gasteiger partial charge in [-0.25, -0.2) is 26.9 Å². The van der Waals surface area contributed by atoms with Crippen LogP contribution in [0.5, 0.6) is 0 Å². The molecule has 0 saturated heterocycles. The lowest BCUT2D eigenvalue weighted by atomic mass is 10.2. The Balaban J connectivity index is 1.77. The second-order valence-electron chi connectivity index (χ2n) is 5.94. The molecule has 0 unspecified atom stereocenters. The van der Waals surface area contributed by atoms with Gasteiger partial charge in [-0.1, -0.05) is 6.92 Å². The first-order valence-corrected chi connectivity index (χ1v) is 9.78. The first-order valence-electron chi connectivity index (χ1n) is 8.30. The molecule has 0 spiro atoms. The Kier molecular flexibility index (Phi) is 5.33. The number of pyridine rings is 1. The largest absolute Gasteiger partial charge is 0.332 e. The van der Waals surface area contributed by atoms with Crippen LogP contribution < -0.4 is 4.72 Å². The summed E-state index contributed by atoms with van der Waals surface area (Å²) in [6.45, 7) is 2.95. The van der Waals surface area contributed by atoms with E-state index >= 15 is 0 Å². The van der Waals surface area contributed by atoms with E-state index in [0.717, 1.165) is 41.7 Å². The van der Waals surface area contributed by atoms with Crippen LogP contribution in [0.25, 0.3) is 11.0 Å². The topological polar surface area (TPSA) is 64.0 Å². The molecule has 0 atom stereocenters. The van der Waals surface area contributed by atoms with Gasteiger partial charge in [-0.05, 0) is 48.7 Å². The fourth-order valence-electron chi connectivity index (χ4n) is 2.89. The van der Waals surface area contributed by atoms with Gasteiger partial charge >= 0.3 is 0 Å². The minimum atomic E-state index is -4.13. The van der Waals surface area contributed by atoms with Crippen LogP contribution >= 0.6 is 0 Å². The molecule has 8 heteroatoms. The Hall–Kier alpha value is -2.32. The molecule has 0 aliphatic heterocycles. The summed E-state index contributed by atoms with van der Waals surface area (Å²) in [7, 11) is -4.13. The van der Waals surface area contributed by atoms with Crippen molar-refractivity contribution in [1.29, 1.82) is 0 Å². The number of fused-ring (bicyclic) bond motifs is 1. The van der Waals surface area contributed by atoms with Gasteiger partial charge in [0.1, 0.15) is 22.2 Å². The maximum absolute atomic E-state index is 13.7. The first kappa shape index (κ1) is 18.5. The number of halogens is 2. The van der Waals surface area contributed by atoms with Gasteiger partial charge in [-0.2, -0.15) is 0 Å². The molecule has 26 heavy (non-hydrogen) atoms. The van der Waals surface area contributed by atoms with Crippen LogP contribution in [0.3, 0.4) is 0 Å². The second kappa shape index (κ2) is 7.51. The molecule has 0 fully saturated rings. The van der Waals surface area contributed by atoms with Crippen molar-refractivity contribution in [2.24, 2.45) is 0 Å². The molecule has 2 heterocycles. The SMILES string of the molecule is CCCn1cc(CCNS(=O)(=O)c2cc(F)ccc2F)c2cccnc21. The molecule has 138 valence electrons. The molecule has 2 aromatic heterocycles. The lowest BCUT2D eigenvalue weighted by molar-refractivity contribution is 0.546. The number of benzene rings is 1. The lowest BCUT2D eigenvalue weighted by Crippen LogP contribution is -2.27. The van der Waals surface area contributed by atoms with Crippen molar-refractivity contribution in [2.45, 2.75) is 31.2 Å². The van der Waals surface area contributed by atoms with Crippen LogP contribution in [0, 0.1) is 11.6 Å². The Morgan fingerprint density at radius 3 is 2.81 bits per heavy atom. The van der Waals surface area contributed by atoms with Gasteiger partial charge in [0.25, 0.3) is 0 Å². The molecular formula is C18H19F2N3O2S. The third-order valence-corrected chi connectivity index (χ3v) is 5.53. The van der Waals surface area contributed by atoms with Gasteiger partial charge in [-0.15, -0.1) is 0 Å². The number of aryl methyl sites for hydroxylation is 1. The molecular weight excluding hydrogens is 360 g/mol. The fourth-order valence-corrected chi connectivity index (χ4v) is 4.01.